The van der Waals surface area contributed by atoms with E-state index in [1.807, 2.05) is 13.8 Å². The molecule has 1 rings (SSSR count). The zero-order chi connectivity index (χ0) is 8.65. The molecule has 1 amide bonds. The second-order valence-electron chi connectivity index (χ2n) is 3.13. The van der Waals surface area contributed by atoms with Gasteiger partial charge in [-0.05, 0) is 6.92 Å². The van der Waals surface area contributed by atoms with Crippen LogP contribution >= 0.6 is 0 Å². The predicted molar refractivity (Wildman–Crippen MR) is 41.3 cm³/mol. The summed E-state index contributed by atoms with van der Waals surface area (Å²) < 4.78 is 4.95. The molecular weight excluding hydrogens is 144 g/mol. The highest BCUT2D eigenvalue weighted by molar-refractivity contribution is 6.01. The van der Waals surface area contributed by atoms with E-state index in [1.165, 1.54) is 0 Å². The van der Waals surface area contributed by atoms with E-state index in [-0.39, 0.29) is 11.8 Å². The molecule has 1 aliphatic rings. The predicted octanol–water partition coefficient (Wildman–Crippen LogP) is 0.909. The van der Waals surface area contributed by atoms with Crippen molar-refractivity contribution in [2.75, 3.05) is 0 Å². The Morgan fingerprint density at radius 2 is 2.18 bits per heavy atom. The molecule has 0 aromatic carbocycles. The molecule has 2 N–H and O–H groups in total. The van der Waals surface area contributed by atoms with Crippen LogP contribution < -0.4 is 5.73 Å². The summed E-state index contributed by atoms with van der Waals surface area (Å²) in [7, 11) is 0. The summed E-state index contributed by atoms with van der Waals surface area (Å²) in [6.45, 7) is 5.63. The van der Waals surface area contributed by atoms with E-state index in [0.717, 1.165) is 0 Å². The topological polar surface area (TPSA) is 64.7 Å². The van der Waals surface area contributed by atoms with Crippen LogP contribution in [0.5, 0.6) is 0 Å². The first-order chi connectivity index (χ1) is 4.97. The van der Waals surface area contributed by atoms with Gasteiger partial charge in [-0.2, -0.15) is 4.99 Å². The highest BCUT2D eigenvalue weighted by Crippen LogP contribution is 2.26. The summed E-state index contributed by atoms with van der Waals surface area (Å²) in [6.07, 6.45) is -0.585. The van der Waals surface area contributed by atoms with Gasteiger partial charge in [0.2, 0.25) is 0 Å². The molecule has 4 heteroatoms. The van der Waals surface area contributed by atoms with Gasteiger partial charge in [-0.1, -0.05) is 13.8 Å². The molecule has 1 aliphatic heterocycles. The van der Waals surface area contributed by atoms with Crippen LogP contribution in [0.4, 0.5) is 4.79 Å². The van der Waals surface area contributed by atoms with E-state index < -0.39 is 11.7 Å². The van der Waals surface area contributed by atoms with Crippen molar-refractivity contribution in [3.05, 3.63) is 0 Å². The first-order valence-corrected chi connectivity index (χ1v) is 3.54. The Labute approximate surface area is 65.4 Å². The molecule has 0 saturated carbocycles. The Hall–Kier alpha value is -1.06. The van der Waals surface area contributed by atoms with Gasteiger partial charge in [0.15, 0.2) is 11.4 Å². The van der Waals surface area contributed by atoms with Gasteiger partial charge in [-0.25, -0.2) is 4.79 Å². The molecule has 1 unspecified atom stereocenters. The fourth-order valence-electron chi connectivity index (χ4n) is 0.879. The molecule has 11 heavy (non-hydrogen) atoms. The van der Waals surface area contributed by atoms with E-state index >= 15 is 0 Å². The first kappa shape index (κ1) is 8.04. The third-order valence-electron chi connectivity index (χ3n) is 2.12. The van der Waals surface area contributed by atoms with Crippen molar-refractivity contribution in [2.24, 2.45) is 16.6 Å². The summed E-state index contributed by atoms with van der Waals surface area (Å²) in [5.41, 5.74) is 4.81. The van der Waals surface area contributed by atoms with Crippen LogP contribution in [0, 0.1) is 5.92 Å². The van der Waals surface area contributed by atoms with Gasteiger partial charge in [0.1, 0.15) is 0 Å². The Bertz CT molecular complexity index is 222. The van der Waals surface area contributed by atoms with Crippen LogP contribution in [0.1, 0.15) is 20.8 Å². The van der Waals surface area contributed by atoms with Gasteiger partial charge >= 0.3 is 6.09 Å². The highest BCUT2D eigenvalue weighted by Gasteiger charge is 2.41. The zero-order valence-electron chi connectivity index (χ0n) is 6.92. The van der Waals surface area contributed by atoms with E-state index in [2.05, 4.69) is 4.99 Å². The molecule has 1 heterocycles. The summed E-state index contributed by atoms with van der Waals surface area (Å²) in [6, 6.07) is 0. The molecule has 0 aromatic rings. The maximum atomic E-state index is 10.7. The Kier molecular flexibility index (Phi) is 1.62. The van der Waals surface area contributed by atoms with Crippen molar-refractivity contribution in [2.45, 2.75) is 26.4 Å². The van der Waals surface area contributed by atoms with Gasteiger partial charge in [-0.3, -0.25) is 0 Å². The maximum absolute atomic E-state index is 10.7. The number of amidine groups is 1. The van der Waals surface area contributed by atoms with Crippen LogP contribution in [-0.4, -0.2) is 17.5 Å². The van der Waals surface area contributed by atoms with E-state index in [1.54, 1.807) is 6.92 Å². The highest BCUT2D eigenvalue weighted by atomic mass is 16.6. The van der Waals surface area contributed by atoms with Crippen molar-refractivity contribution in [3.8, 4) is 0 Å². The SMILES string of the molecule is CC(C)C1(C)OC(=O)N=C1N. The van der Waals surface area contributed by atoms with Crippen molar-refractivity contribution in [1.82, 2.24) is 0 Å². The van der Waals surface area contributed by atoms with Gasteiger partial charge in [0.25, 0.3) is 0 Å². The zero-order valence-corrected chi connectivity index (χ0v) is 6.92. The number of nitrogens with two attached hydrogens (primary N) is 1. The van der Waals surface area contributed by atoms with Gasteiger partial charge < -0.3 is 10.5 Å². The van der Waals surface area contributed by atoms with Crippen molar-refractivity contribution in [1.29, 1.82) is 0 Å². The Morgan fingerprint density at radius 1 is 1.64 bits per heavy atom. The lowest BCUT2D eigenvalue weighted by Crippen LogP contribution is -2.44. The molecule has 4 nitrogen and oxygen atoms in total. The fraction of sp³-hybridized carbons (Fsp3) is 0.714. The first-order valence-electron chi connectivity index (χ1n) is 3.54. The molecule has 0 bridgehead atoms. The fourth-order valence-corrected chi connectivity index (χ4v) is 0.879. The number of nitrogens with zero attached hydrogens (tertiary/aromatic N) is 1. The average molecular weight is 156 g/mol. The van der Waals surface area contributed by atoms with Gasteiger partial charge in [0.05, 0.1) is 0 Å². The number of aliphatic imine (C=N–C) groups is 1. The second kappa shape index (κ2) is 2.22. The molecule has 0 radical (unpaired) electrons. The minimum atomic E-state index is -0.697. The number of rotatable bonds is 1. The van der Waals surface area contributed by atoms with Crippen LogP contribution in [0.2, 0.25) is 0 Å². The summed E-state index contributed by atoms with van der Waals surface area (Å²) in [4.78, 5) is 14.2. The lowest BCUT2D eigenvalue weighted by Gasteiger charge is -2.26. The number of carbonyl (C=O) groups is 1. The van der Waals surface area contributed by atoms with Crippen LogP contribution in [-0.2, 0) is 4.74 Å². The summed E-state index contributed by atoms with van der Waals surface area (Å²) >= 11 is 0. The van der Waals surface area contributed by atoms with E-state index in [9.17, 15) is 4.79 Å². The summed E-state index contributed by atoms with van der Waals surface area (Å²) in [5, 5.41) is 0. The average Bonchev–Trinajstić information content (AvgIpc) is 2.08. The number of carbonyl (C=O) groups excluding carboxylic acids is 1. The Morgan fingerprint density at radius 3 is 2.36 bits per heavy atom. The Balaban J connectivity index is 2.92. The monoisotopic (exact) mass is 156 g/mol. The normalized spacial score (nSPS) is 30.5. The molecule has 0 aliphatic carbocycles. The van der Waals surface area contributed by atoms with Crippen LogP contribution in [0.25, 0.3) is 0 Å². The number of hydrogen-bond donors (Lipinski definition) is 1. The molecule has 0 aromatic heterocycles. The smallest absolute Gasteiger partial charge is 0.433 e. The molecule has 62 valence electrons. The molecular formula is C7H12N2O2. The third kappa shape index (κ3) is 1.08. The minimum Gasteiger partial charge on any atom is -0.433 e. The van der Waals surface area contributed by atoms with Crippen molar-refractivity contribution >= 4 is 11.9 Å². The minimum absolute atomic E-state index is 0.151. The summed E-state index contributed by atoms with van der Waals surface area (Å²) in [5.74, 6) is 0.426. The maximum Gasteiger partial charge on any atom is 0.436 e. The standard InChI is InChI=1S/C7H12N2O2/c1-4(2)7(3)5(8)9-6(10)11-7/h4H,1-3H3,(H2,8,9,10). The van der Waals surface area contributed by atoms with Crippen LogP contribution in [0.3, 0.4) is 0 Å². The van der Waals surface area contributed by atoms with Gasteiger partial charge in [0, 0.05) is 5.92 Å². The lowest BCUT2D eigenvalue weighted by atomic mass is 9.92. The molecule has 1 atom stereocenters. The molecule has 0 fully saturated rings. The van der Waals surface area contributed by atoms with Crippen molar-refractivity contribution in [3.63, 3.8) is 0 Å². The third-order valence-corrected chi connectivity index (χ3v) is 2.12. The second-order valence-corrected chi connectivity index (χ2v) is 3.13. The number of amides is 1. The van der Waals surface area contributed by atoms with Gasteiger partial charge in [-0.15, -0.1) is 0 Å². The van der Waals surface area contributed by atoms with E-state index in [0.29, 0.717) is 0 Å². The largest absolute Gasteiger partial charge is 0.436 e. The number of cyclic esters (lactones) is 1. The molecule has 0 spiro atoms. The molecule has 0 saturated heterocycles. The van der Waals surface area contributed by atoms with Crippen molar-refractivity contribution < 1.29 is 9.53 Å². The quantitative estimate of drug-likeness (QED) is 0.613. The number of ether oxygens (including phenoxy) is 1. The lowest BCUT2D eigenvalue weighted by molar-refractivity contribution is 0.0614. The number of hydrogen-bond acceptors (Lipinski definition) is 3. The van der Waals surface area contributed by atoms with E-state index in [4.69, 9.17) is 10.5 Å². The van der Waals surface area contributed by atoms with Crippen LogP contribution in [0.15, 0.2) is 4.99 Å².